The van der Waals surface area contributed by atoms with Crippen molar-refractivity contribution >= 4 is 89.4 Å². The molecule has 0 radical (unpaired) electrons. The maximum absolute atomic E-state index is 14.2. The van der Waals surface area contributed by atoms with Gasteiger partial charge in [-0.25, -0.2) is 0 Å². The van der Waals surface area contributed by atoms with Gasteiger partial charge in [0.1, 0.15) is 30.2 Å². The minimum atomic E-state index is -1.70. The van der Waals surface area contributed by atoms with Crippen LogP contribution in [0.25, 0.3) is 10.9 Å². The van der Waals surface area contributed by atoms with Crippen molar-refractivity contribution in [2.24, 2.45) is 22.2 Å². The van der Waals surface area contributed by atoms with E-state index < -0.39 is 90.5 Å². The number of nitrogens with two attached hydrogens (primary N) is 3. The molecule has 1 fully saturated rings. The Labute approximate surface area is 339 Å². The van der Waals surface area contributed by atoms with E-state index in [-0.39, 0.29) is 49.7 Å². The topological polar surface area (TPSA) is 326 Å². The maximum Gasteiger partial charge on any atom is 0.305 e. The van der Waals surface area contributed by atoms with E-state index in [0.29, 0.717) is 31.4 Å². The zero-order chi connectivity index (χ0) is 42.1. The molecule has 312 valence electrons. The SMILES string of the molecule is NC(=O)[C@H](CS)NC(=O)[C@@H]1CCCN1C(=O)[C@H](Cc1c[nH]c2ccccc12)NC(=O)[C@H](CC(=O)O)NC(=O)CNC(=O)C(CCCCN=C(N)N)NC(=O)CCS. The van der Waals surface area contributed by atoms with E-state index in [1.807, 2.05) is 18.2 Å². The molecule has 1 aliphatic rings. The predicted octanol–water partition coefficient (Wildman–Crippen LogP) is -2.59. The molecular formula is C35H51N11O9S2. The van der Waals surface area contributed by atoms with Gasteiger partial charge in [0.05, 0.1) is 13.0 Å². The van der Waals surface area contributed by atoms with E-state index in [0.717, 1.165) is 10.9 Å². The van der Waals surface area contributed by atoms with Crippen LogP contribution in [0.5, 0.6) is 0 Å². The third-order valence-electron chi connectivity index (χ3n) is 9.03. The number of unbranched alkanes of at least 4 members (excludes halogenated alkanes) is 1. The lowest BCUT2D eigenvalue weighted by molar-refractivity contribution is -0.143. The standard InChI is InChI=1S/C35H51N11O9S2/c36-30(51)25(18-57)45-33(54)26-9-5-12-46(26)34(55)24(14-19-16-40-21-7-2-1-6-20(19)21)44-32(53)23(15-29(49)50)43-28(48)17-41-31(52)22(42-27(47)10-13-56)8-3-4-11-39-35(37)38/h1-2,6-7,16,22-26,40,56-57H,3-5,8-15,17-18H2,(H2,36,51)(H,41,52)(H,42,47)(H,43,48)(H,44,53)(H,45,54)(H,49,50)(H4,37,38,39)/t22?,23-,24-,25-,26-/m0/s1. The number of hydrogen-bond donors (Lipinski definition) is 12. The maximum atomic E-state index is 14.2. The van der Waals surface area contributed by atoms with E-state index >= 15 is 0 Å². The summed E-state index contributed by atoms with van der Waals surface area (Å²) in [6.45, 7) is -0.247. The third kappa shape index (κ3) is 14.5. The van der Waals surface area contributed by atoms with Crippen molar-refractivity contribution in [3.63, 3.8) is 0 Å². The summed E-state index contributed by atoms with van der Waals surface area (Å²) in [4.78, 5) is 112. The van der Waals surface area contributed by atoms with E-state index in [1.165, 1.54) is 4.90 Å². The number of aromatic nitrogens is 1. The monoisotopic (exact) mass is 833 g/mol. The summed E-state index contributed by atoms with van der Waals surface area (Å²) >= 11 is 8.09. The molecule has 1 saturated heterocycles. The number of hydrogen-bond acceptors (Lipinski definition) is 11. The number of H-pyrrole nitrogens is 1. The number of thiol groups is 2. The molecule has 3 rings (SSSR count). The molecule has 1 aromatic carbocycles. The summed E-state index contributed by atoms with van der Waals surface area (Å²) in [6.07, 6.45) is 2.53. The number of amides is 7. The summed E-state index contributed by atoms with van der Waals surface area (Å²) in [7, 11) is 0. The molecule has 22 heteroatoms. The van der Waals surface area contributed by atoms with E-state index in [4.69, 9.17) is 17.2 Å². The van der Waals surface area contributed by atoms with Gasteiger partial charge in [-0.05, 0) is 49.5 Å². The number of aromatic amines is 1. The molecule has 0 saturated carbocycles. The van der Waals surface area contributed by atoms with Crippen molar-refractivity contribution in [3.8, 4) is 0 Å². The number of likely N-dealkylation sites (tertiary alicyclic amines) is 1. The average molecular weight is 834 g/mol. The first-order valence-corrected chi connectivity index (χ1v) is 19.5. The average Bonchev–Trinajstić information content (AvgIpc) is 3.82. The van der Waals surface area contributed by atoms with Gasteiger partial charge in [0.25, 0.3) is 0 Å². The van der Waals surface area contributed by atoms with Gasteiger partial charge in [0.2, 0.25) is 41.4 Å². The number of fused-ring (bicyclic) bond motifs is 1. The molecule has 2 aromatic rings. The highest BCUT2D eigenvalue weighted by Gasteiger charge is 2.39. The number of primary amides is 1. The second-order valence-corrected chi connectivity index (χ2v) is 14.1. The smallest absolute Gasteiger partial charge is 0.305 e. The molecule has 20 nitrogen and oxygen atoms in total. The van der Waals surface area contributed by atoms with E-state index in [9.17, 15) is 43.5 Å². The van der Waals surface area contributed by atoms with Crippen molar-refractivity contribution in [2.75, 3.05) is 31.1 Å². The summed E-state index contributed by atoms with van der Waals surface area (Å²) in [6, 6.07) is 1.05. The Balaban J connectivity index is 1.78. The molecule has 1 aromatic heterocycles. The summed E-state index contributed by atoms with van der Waals surface area (Å²) < 4.78 is 0. The van der Waals surface area contributed by atoms with Crippen molar-refractivity contribution in [1.82, 2.24) is 36.5 Å². The van der Waals surface area contributed by atoms with Gasteiger partial charge in [-0.3, -0.25) is 43.3 Å². The zero-order valence-electron chi connectivity index (χ0n) is 31.2. The van der Waals surface area contributed by atoms with Crippen LogP contribution in [0.3, 0.4) is 0 Å². The summed E-state index contributed by atoms with van der Waals surface area (Å²) in [5.74, 6) is -6.58. The van der Waals surface area contributed by atoms with Gasteiger partial charge in [0, 0.05) is 48.8 Å². The highest BCUT2D eigenvalue weighted by atomic mass is 32.1. The quantitative estimate of drug-likeness (QED) is 0.0239. The van der Waals surface area contributed by atoms with E-state index in [2.05, 4.69) is 61.8 Å². The van der Waals surface area contributed by atoms with Gasteiger partial charge in [0.15, 0.2) is 5.96 Å². The van der Waals surface area contributed by atoms with Crippen LogP contribution in [0, 0.1) is 0 Å². The highest BCUT2D eigenvalue weighted by Crippen LogP contribution is 2.23. The molecule has 5 atom stereocenters. The summed E-state index contributed by atoms with van der Waals surface area (Å²) in [5.41, 5.74) is 17.4. The first-order valence-electron chi connectivity index (χ1n) is 18.3. The first kappa shape index (κ1) is 45.9. The molecule has 13 N–H and O–H groups in total. The second kappa shape index (κ2) is 22.9. The predicted molar refractivity (Wildman–Crippen MR) is 216 cm³/mol. The highest BCUT2D eigenvalue weighted by molar-refractivity contribution is 7.80. The molecule has 1 aliphatic heterocycles. The van der Waals surface area contributed by atoms with Gasteiger partial charge in [-0.1, -0.05) is 18.2 Å². The fourth-order valence-corrected chi connectivity index (χ4v) is 6.67. The number of nitrogens with zero attached hydrogens (tertiary/aromatic N) is 2. The normalized spacial score (nSPS) is 15.7. The van der Waals surface area contributed by atoms with E-state index in [1.54, 1.807) is 12.3 Å². The molecule has 7 amide bonds. The first-order chi connectivity index (χ1) is 27.1. The zero-order valence-corrected chi connectivity index (χ0v) is 33.0. The minimum Gasteiger partial charge on any atom is -0.481 e. The van der Waals surface area contributed by atoms with Crippen LogP contribution >= 0.6 is 25.3 Å². The number of carbonyl (C=O) groups excluding carboxylic acids is 7. The van der Waals surface area contributed by atoms with Gasteiger partial charge in [-0.2, -0.15) is 25.3 Å². The van der Waals surface area contributed by atoms with Crippen LogP contribution in [-0.4, -0.2) is 130 Å². The Hall–Kier alpha value is -5.51. The van der Waals surface area contributed by atoms with Crippen LogP contribution in [0.15, 0.2) is 35.5 Å². The Morgan fingerprint density at radius 3 is 2.28 bits per heavy atom. The number of carbonyl (C=O) groups is 8. The minimum absolute atomic E-state index is 0.0363. The Morgan fingerprint density at radius 1 is 0.895 bits per heavy atom. The Kier molecular flexibility index (Phi) is 18.4. The van der Waals surface area contributed by atoms with Crippen LogP contribution in [0.1, 0.15) is 50.5 Å². The second-order valence-electron chi connectivity index (χ2n) is 13.3. The number of para-hydroxylation sites is 1. The van der Waals surface area contributed by atoms with Crippen molar-refractivity contribution < 1.29 is 43.5 Å². The molecular weight excluding hydrogens is 783 g/mol. The fraction of sp³-hybridized carbons (Fsp3) is 0.514. The fourth-order valence-electron chi connectivity index (χ4n) is 6.20. The lowest BCUT2D eigenvalue weighted by Crippen LogP contribution is -2.59. The van der Waals surface area contributed by atoms with Crippen molar-refractivity contribution in [2.45, 2.75) is 81.6 Å². The molecule has 0 spiro atoms. The van der Waals surface area contributed by atoms with Crippen molar-refractivity contribution in [1.29, 1.82) is 0 Å². The van der Waals surface area contributed by atoms with Gasteiger partial charge in [-0.15, -0.1) is 0 Å². The van der Waals surface area contributed by atoms with Crippen LogP contribution in [0.4, 0.5) is 0 Å². The Morgan fingerprint density at radius 2 is 1.61 bits per heavy atom. The van der Waals surface area contributed by atoms with Crippen LogP contribution in [-0.2, 0) is 44.8 Å². The van der Waals surface area contributed by atoms with Gasteiger partial charge < -0.3 is 58.8 Å². The molecule has 0 bridgehead atoms. The number of aliphatic carboxylic acids is 1. The number of carboxylic acid groups (broad SMARTS) is 1. The Bertz CT molecular complexity index is 1800. The molecule has 0 aliphatic carbocycles. The number of aliphatic imine (C=N–C) groups is 1. The third-order valence-corrected chi connectivity index (χ3v) is 9.62. The number of rotatable bonds is 23. The lowest BCUT2D eigenvalue weighted by Gasteiger charge is -2.30. The molecule has 2 heterocycles. The molecule has 57 heavy (non-hydrogen) atoms. The number of carboxylic acids is 1. The number of guanidine groups is 1. The lowest BCUT2D eigenvalue weighted by atomic mass is 10.0. The summed E-state index contributed by atoms with van der Waals surface area (Å²) in [5, 5.41) is 22.8. The van der Waals surface area contributed by atoms with Gasteiger partial charge >= 0.3 is 5.97 Å². The number of nitrogens with one attached hydrogen (secondary N) is 6. The largest absolute Gasteiger partial charge is 0.481 e. The van der Waals surface area contributed by atoms with Crippen molar-refractivity contribution in [3.05, 3.63) is 36.0 Å². The van der Waals surface area contributed by atoms with Crippen LogP contribution in [0.2, 0.25) is 0 Å². The van der Waals surface area contributed by atoms with Crippen LogP contribution < -0.4 is 43.8 Å². The number of benzene rings is 1. The molecule has 1 unspecified atom stereocenters.